The average molecular weight is 432 g/mol. The molecule has 1 saturated heterocycles. The maximum Gasteiger partial charge on any atom is 0.151 e. The van der Waals surface area contributed by atoms with Gasteiger partial charge in [0.05, 0.1) is 40.8 Å². The smallest absolute Gasteiger partial charge is 0.151 e. The van der Waals surface area contributed by atoms with Gasteiger partial charge in [-0.25, -0.2) is 4.52 Å². The summed E-state index contributed by atoms with van der Waals surface area (Å²) in [6.07, 6.45) is 4.40. The molecule has 0 saturated carbocycles. The molecule has 156 valence electrons. The van der Waals surface area contributed by atoms with Crippen molar-refractivity contribution in [2.75, 3.05) is 18.5 Å². The Hall–Kier alpha value is -3.35. The first kappa shape index (κ1) is 19.6. The number of hydrogen-bond donors (Lipinski definition) is 1. The Morgan fingerprint density at radius 3 is 2.94 bits per heavy atom. The summed E-state index contributed by atoms with van der Waals surface area (Å²) in [5.41, 5.74) is 4.92. The first-order chi connectivity index (χ1) is 15.1. The third kappa shape index (κ3) is 3.76. The van der Waals surface area contributed by atoms with Crippen molar-refractivity contribution in [2.24, 2.45) is 0 Å². The summed E-state index contributed by atoms with van der Waals surface area (Å²) in [6.45, 7) is 5.70. The summed E-state index contributed by atoms with van der Waals surface area (Å²) in [5, 5.41) is 27.8. The van der Waals surface area contributed by atoms with Crippen molar-refractivity contribution in [2.45, 2.75) is 32.2 Å². The Morgan fingerprint density at radius 2 is 2.16 bits per heavy atom. The van der Waals surface area contributed by atoms with Gasteiger partial charge < -0.3 is 10.1 Å². The fraction of sp³-hybridized carbons (Fsp3) is 0.318. The molecule has 0 aromatic carbocycles. The van der Waals surface area contributed by atoms with Gasteiger partial charge in [-0.1, -0.05) is 11.3 Å². The molecule has 8 nitrogen and oxygen atoms in total. The number of aromatic nitrogens is 5. The minimum Gasteiger partial charge on any atom is -0.382 e. The molecule has 9 heteroatoms. The second-order valence-electron chi connectivity index (χ2n) is 7.83. The number of fused-ring (bicyclic) bond motifs is 1. The van der Waals surface area contributed by atoms with E-state index in [1.165, 1.54) is 0 Å². The van der Waals surface area contributed by atoms with Crippen molar-refractivity contribution in [1.82, 2.24) is 24.8 Å². The molecule has 0 radical (unpaired) electrons. The number of anilines is 1. The average Bonchev–Trinajstić information content (AvgIpc) is 3.52. The normalized spacial score (nSPS) is 16.1. The van der Waals surface area contributed by atoms with Crippen LogP contribution in [-0.2, 0) is 4.74 Å². The minimum absolute atomic E-state index is 0.241. The van der Waals surface area contributed by atoms with Crippen LogP contribution in [0.4, 0.5) is 5.69 Å². The van der Waals surface area contributed by atoms with E-state index in [1.54, 1.807) is 22.0 Å². The standard InChI is InChI=1S/C22H21N7OS/c1-13(2)26-18-8-19(20-4-3-16-7-14(9-23)10-25-29(16)20)24-11-17(18)22-28-27-21(31-22)15-5-6-30-12-15/h3-4,7-8,10-11,13,15H,5-6,12H2,1-2H3,(H,24,26). The van der Waals surface area contributed by atoms with Gasteiger partial charge in [0.1, 0.15) is 11.1 Å². The van der Waals surface area contributed by atoms with Crippen molar-refractivity contribution in [3.8, 4) is 28.0 Å². The van der Waals surface area contributed by atoms with Gasteiger partial charge in [0, 0.05) is 30.5 Å². The summed E-state index contributed by atoms with van der Waals surface area (Å²) in [6, 6.07) is 10.1. The van der Waals surface area contributed by atoms with Crippen LogP contribution in [0, 0.1) is 11.3 Å². The van der Waals surface area contributed by atoms with E-state index >= 15 is 0 Å². The number of nitrogens with one attached hydrogen (secondary N) is 1. The third-order valence-corrected chi connectivity index (χ3v) is 6.31. The number of nitriles is 1. The summed E-state index contributed by atoms with van der Waals surface area (Å²) in [5.74, 6) is 0.330. The zero-order chi connectivity index (χ0) is 21.4. The maximum absolute atomic E-state index is 9.11. The lowest BCUT2D eigenvalue weighted by Crippen LogP contribution is -2.11. The summed E-state index contributed by atoms with van der Waals surface area (Å²) >= 11 is 1.60. The molecule has 5 heterocycles. The molecule has 1 unspecified atom stereocenters. The lowest BCUT2D eigenvalue weighted by Gasteiger charge is -2.14. The van der Waals surface area contributed by atoms with Crippen LogP contribution in [0.3, 0.4) is 0 Å². The Balaban J connectivity index is 1.55. The van der Waals surface area contributed by atoms with Crippen LogP contribution in [-0.4, -0.2) is 44.1 Å². The molecule has 31 heavy (non-hydrogen) atoms. The fourth-order valence-corrected chi connectivity index (χ4v) is 4.67. The first-order valence-corrected chi connectivity index (χ1v) is 11.0. The molecule has 0 spiro atoms. The van der Waals surface area contributed by atoms with Gasteiger partial charge in [-0.15, -0.1) is 10.2 Å². The molecule has 4 aromatic rings. The van der Waals surface area contributed by atoms with E-state index in [9.17, 15) is 0 Å². The highest BCUT2D eigenvalue weighted by atomic mass is 32.1. The predicted octanol–water partition coefficient (Wildman–Crippen LogP) is 4.11. The zero-order valence-electron chi connectivity index (χ0n) is 17.2. The van der Waals surface area contributed by atoms with Gasteiger partial charge in [0.15, 0.2) is 5.01 Å². The Morgan fingerprint density at radius 1 is 1.26 bits per heavy atom. The van der Waals surface area contributed by atoms with Crippen LogP contribution < -0.4 is 5.32 Å². The SMILES string of the molecule is CC(C)Nc1cc(-c2ccc3cc(C#N)cnn23)ncc1-c1nnc(C2CCOC2)s1. The molecule has 1 aliphatic heterocycles. The first-order valence-electron chi connectivity index (χ1n) is 10.2. The van der Waals surface area contributed by atoms with Crippen molar-refractivity contribution >= 4 is 22.5 Å². The maximum atomic E-state index is 9.11. The van der Waals surface area contributed by atoms with Crippen molar-refractivity contribution in [1.29, 1.82) is 5.26 Å². The van der Waals surface area contributed by atoms with Crippen LogP contribution in [0.25, 0.3) is 27.5 Å². The van der Waals surface area contributed by atoms with Crippen LogP contribution in [0.1, 0.15) is 36.8 Å². The molecule has 1 N–H and O–H groups in total. The zero-order valence-corrected chi connectivity index (χ0v) is 18.1. The lowest BCUT2D eigenvalue weighted by molar-refractivity contribution is 0.194. The number of ether oxygens (including phenoxy) is 1. The molecule has 1 aliphatic rings. The third-order valence-electron chi connectivity index (χ3n) is 5.19. The molecular formula is C22H21N7OS. The van der Waals surface area contributed by atoms with Gasteiger partial charge >= 0.3 is 0 Å². The summed E-state index contributed by atoms with van der Waals surface area (Å²) in [4.78, 5) is 4.71. The quantitative estimate of drug-likeness (QED) is 0.507. The fourth-order valence-electron chi connectivity index (χ4n) is 3.69. The number of nitrogens with zero attached hydrogens (tertiary/aromatic N) is 6. The van der Waals surface area contributed by atoms with Crippen LogP contribution >= 0.6 is 11.3 Å². The van der Waals surface area contributed by atoms with Crippen molar-refractivity contribution in [3.05, 3.63) is 47.2 Å². The Bertz CT molecular complexity index is 1280. The van der Waals surface area contributed by atoms with Crippen LogP contribution in [0.2, 0.25) is 0 Å². The Labute approximate surface area is 183 Å². The largest absolute Gasteiger partial charge is 0.382 e. The Kier molecular flexibility index (Phi) is 5.10. The second-order valence-corrected chi connectivity index (χ2v) is 8.84. The predicted molar refractivity (Wildman–Crippen MR) is 119 cm³/mol. The molecule has 1 atom stereocenters. The highest BCUT2D eigenvalue weighted by Crippen LogP contribution is 2.36. The van der Waals surface area contributed by atoms with E-state index in [0.717, 1.165) is 51.2 Å². The van der Waals surface area contributed by atoms with E-state index in [2.05, 4.69) is 40.5 Å². The van der Waals surface area contributed by atoms with Gasteiger partial charge in [-0.2, -0.15) is 10.4 Å². The van der Waals surface area contributed by atoms with E-state index in [0.29, 0.717) is 18.1 Å². The van der Waals surface area contributed by atoms with Gasteiger partial charge in [-0.05, 0) is 44.5 Å². The number of pyridine rings is 1. The number of rotatable bonds is 5. The molecule has 0 aliphatic carbocycles. The summed E-state index contributed by atoms with van der Waals surface area (Å²) in [7, 11) is 0. The minimum atomic E-state index is 0.241. The van der Waals surface area contributed by atoms with Gasteiger partial charge in [0.2, 0.25) is 0 Å². The highest BCUT2D eigenvalue weighted by molar-refractivity contribution is 7.14. The topological polar surface area (TPSA) is 101 Å². The lowest BCUT2D eigenvalue weighted by atomic mass is 10.1. The second kappa shape index (κ2) is 8.06. The van der Waals surface area contributed by atoms with E-state index in [-0.39, 0.29) is 6.04 Å². The molecule has 1 fully saturated rings. The monoisotopic (exact) mass is 431 g/mol. The van der Waals surface area contributed by atoms with Crippen LogP contribution in [0.15, 0.2) is 36.7 Å². The van der Waals surface area contributed by atoms with Crippen molar-refractivity contribution < 1.29 is 4.74 Å². The van der Waals surface area contributed by atoms with E-state index in [4.69, 9.17) is 15.0 Å². The van der Waals surface area contributed by atoms with Gasteiger partial charge in [-0.3, -0.25) is 4.98 Å². The number of hydrogen-bond acceptors (Lipinski definition) is 8. The summed E-state index contributed by atoms with van der Waals surface area (Å²) < 4.78 is 7.29. The molecule has 5 rings (SSSR count). The van der Waals surface area contributed by atoms with Gasteiger partial charge in [0.25, 0.3) is 0 Å². The van der Waals surface area contributed by atoms with Crippen molar-refractivity contribution in [3.63, 3.8) is 0 Å². The van der Waals surface area contributed by atoms with E-state index < -0.39 is 0 Å². The molecule has 0 bridgehead atoms. The molecular weight excluding hydrogens is 410 g/mol. The molecule has 0 amide bonds. The van der Waals surface area contributed by atoms with Crippen LogP contribution in [0.5, 0.6) is 0 Å². The highest BCUT2D eigenvalue weighted by Gasteiger charge is 2.23. The van der Waals surface area contributed by atoms with E-state index in [1.807, 2.05) is 30.5 Å². The molecule has 4 aromatic heterocycles.